The summed E-state index contributed by atoms with van der Waals surface area (Å²) in [6.07, 6.45) is 2.96. The van der Waals surface area contributed by atoms with Crippen LogP contribution in [0.3, 0.4) is 0 Å². The highest BCUT2D eigenvalue weighted by Crippen LogP contribution is 2.51. The fraction of sp³-hybridized carbons (Fsp3) is 0.852. The third kappa shape index (κ3) is 15.4. The molecule has 0 saturated heterocycles. The van der Waals surface area contributed by atoms with E-state index in [1.165, 1.54) is 0 Å². The topological polar surface area (TPSA) is 146 Å². The van der Waals surface area contributed by atoms with Crippen molar-refractivity contribution < 1.29 is 46.2 Å². The van der Waals surface area contributed by atoms with Gasteiger partial charge in [0.1, 0.15) is 25.9 Å². The molecule has 42 heavy (non-hydrogen) atoms. The highest BCUT2D eigenvalue weighted by molar-refractivity contribution is 7.53. The molecule has 0 atom stereocenters. The summed E-state index contributed by atoms with van der Waals surface area (Å²) in [5.74, 6) is 0.993. The van der Waals surface area contributed by atoms with Crippen molar-refractivity contribution in [2.45, 2.75) is 112 Å². The van der Waals surface area contributed by atoms with Crippen LogP contribution in [0.2, 0.25) is 0 Å². The summed E-state index contributed by atoms with van der Waals surface area (Å²) in [5, 5.41) is 3.35. The van der Waals surface area contributed by atoms with Crippen molar-refractivity contribution in [1.82, 2.24) is 9.97 Å². The summed E-state index contributed by atoms with van der Waals surface area (Å²) in [6, 6.07) is 1.86. The van der Waals surface area contributed by atoms with Gasteiger partial charge in [-0.1, -0.05) is 12.8 Å². The number of anilines is 1. The van der Waals surface area contributed by atoms with Gasteiger partial charge in [-0.2, -0.15) is 9.97 Å². The molecule has 0 bridgehead atoms. The molecule has 1 saturated carbocycles. The molecule has 244 valence electrons. The first-order valence-corrected chi connectivity index (χ1v) is 18.2. The Morgan fingerprint density at radius 1 is 0.690 bits per heavy atom. The van der Waals surface area contributed by atoms with Crippen molar-refractivity contribution in [2.75, 3.05) is 44.4 Å². The molecule has 1 aliphatic carbocycles. The van der Waals surface area contributed by atoms with Crippen LogP contribution in [0.15, 0.2) is 6.07 Å². The fourth-order valence-corrected chi connectivity index (χ4v) is 7.71. The van der Waals surface area contributed by atoms with Gasteiger partial charge in [0.2, 0.25) is 17.7 Å². The average molecular weight is 640 g/mol. The van der Waals surface area contributed by atoms with Gasteiger partial charge < -0.3 is 42.4 Å². The maximum absolute atomic E-state index is 12.9. The van der Waals surface area contributed by atoms with Crippen molar-refractivity contribution in [3.05, 3.63) is 6.07 Å². The van der Waals surface area contributed by atoms with E-state index >= 15 is 0 Å². The summed E-state index contributed by atoms with van der Waals surface area (Å²) >= 11 is 0. The molecule has 1 aromatic heterocycles. The molecule has 1 aliphatic rings. The summed E-state index contributed by atoms with van der Waals surface area (Å²) in [6.45, 7) is 14.9. The molecule has 15 heteroatoms. The first kappa shape index (κ1) is 36.9. The molecule has 1 aromatic rings. The molecule has 0 radical (unpaired) electrons. The largest absolute Gasteiger partial charge is 0.475 e. The lowest BCUT2D eigenvalue weighted by Crippen LogP contribution is -2.18. The van der Waals surface area contributed by atoms with Gasteiger partial charge in [0.15, 0.2) is 0 Å². The Morgan fingerprint density at radius 3 is 1.43 bits per heavy atom. The van der Waals surface area contributed by atoms with Gasteiger partial charge in [-0.3, -0.25) is 9.13 Å². The van der Waals surface area contributed by atoms with Crippen LogP contribution in [0.25, 0.3) is 0 Å². The number of nitrogens with zero attached hydrogens (tertiary/aromatic N) is 2. The van der Waals surface area contributed by atoms with Crippen molar-refractivity contribution >= 4 is 21.1 Å². The van der Waals surface area contributed by atoms with E-state index in [-0.39, 0.29) is 69.6 Å². The third-order valence-electron chi connectivity index (χ3n) is 5.31. The smallest absolute Gasteiger partial charge is 0.356 e. The second kappa shape index (κ2) is 18.5. The summed E-state index contributed by atoms with van der Waals surface area (Å²) in [5.41, 5.74) is 0. The van der Waals surface area contributed by atoms with E-state index in [4.69, 9.17) is 37.0 Å². The Balaban J connectivity index is 1.92. The minimum Gasteiger partial charge on any atom is -0.475 e. The number of hydrogen-bond donors (Lipinski definition) is 1. The first-order valence-electron chi connectivity index (χ1n) is 14.8. The van der Waals surface area contributed by atoms with Gasteiger partial charge in [-0.15, -0.1) is 0 Å². The van der Waals surface area contributed by atoms with Crippen LogP contribution < -0.4 is 14.8 Å². The maximum atomic E-state index is 12.9. The van der Waals surface area contributed by atoms with E-state index in [2.05, 4.69) is 15.3 Å². The monoisotopic (exact) mass is 639 g/mol. The third-order valence-corrected chi connectivity index (χ3v) is 9.28. The average Bonchev–Trinajstić information content (AvgIpc) is 3.34. The molecular weight excluding hydrogens is 588 g/mol. The lowest BCUT2D eigenvalue weighted by molar-refractivity contribution is 0.0834. The highest BCUT2D eigenvalue weighted by Gasteiger charge is 2.29. The molecule has 0 spiro atoms. The summed E-state index contributed by atoms with van der Waals surface area (Å²) < 4.78 is 70.6. The van der Waals surface area contributed by atoms with E-state index in [1.54, 1.807) is 61.5 Å². The zero-order chi connectivity index (χ0) is 31.2. The minimum absolute atomic E-state index is 0.142. The van der Waals surface area contributed by atoms with Crippen LogP contribution in [0.5, 0.6) is 11.8 Å². The van der Waals surface area contributed by atoms with Crippen LogP contribution in [0.1, 0.15) is 81.1 Å². The molecule has 1 heterocycles. The molecule has 0 amide bonds. The van der Waals surface area contributed by atoms with E-state index in [0.717, 1.165) is 25.7 Å². The standard InChI is InChI=1S/C27H51N3O10P2/c1-20(2)37-41(31,38-21(3)4)18-33-13-15-35-25-17-26(30-27(29-25)28-24-11-9-10-12-24)36-16-14-34-19-42(32,39-22(5)6)40-23(7)8/h17,20-24H,9-16,18-19H2,1-8H3,(H,28,29,30). The van der Waals surface area contributed by atoms with Crippen molar-refractivity contribution in [3.8, 4) is 11.8 Å². The molecule has 1 fully saturated rings. The predicted octanol–water partition coefficient (Wildman–Crippen LogP) is 6.62. The maximum Gasteiger partial charge on any atom is 0.356 e. The Bertz CT molecular complexity index is 912. The van der Waals surface area contributed by atoms with Gasteiger partial charge in [-0.05, 0) is 68.2 Å². The number of nitrogens with one attached hydrogen (secondary N) is 1. The van der Waals surface area contributed by atoms with Crippen LogP contribution in [-0.2, 0) is 36.7 Å². The van der Waals surface area contributed by atoms with Crippen LogP contribution in [0, 0.1) is 0 Å². The van der Waals surface area contributed by atoms with E-state index in [0.29, 0.717) is 17.7 Å². The lowest BCUT2D eigenvalue weighted by atomic mass is 10.2. The first-order chi connectivity index (χ1) is 19.8. The van der Waals surface area contributed by atoms with E-state index in [9.17, 15) is 9.13 Å². The van der Waals surface area contributed by atoms with Crippen molar-refractivity contribution in [1.29, 1.82) is 0 Å². The number of aromatic nitrogens is 2. The Kier molecular flexibility index (Phi) is 16.2. The molecular formula is C27H51N3O10P2. The summed E-state index contributed by atoms with van der Waals surface area (Å²) in [4.78, 5) is 8.94. The number of rotatable bonds is 22. The predicted molar refractivity (Wildman–Crippen MR) is 161 cm³/mol. The van der Waals surface area contributed by atoms with Gasteiger partial charge in [0.25, 0.3) is 0 Å². The van der Waals surface area contributed by atoms with E-state index < -0.39 is 15.2 Å². The second-order valence-electron chi connectivity index (χ2n) is 11.1. The number of ether oxygens (including phenoxy) is 4. The van der Waals surface area contributed by atoms with Gasteiger partial charge >= 0.3 is 15.2 Å². The Morgan fingerprint density at radius 2 is 1.07 bits per heavy atom. The van der Waals surface area contributed by atoms with Crippen LogP contribution >= 0.6 is 15.2 Å². The minimum atomic E-state index is -3.40. The molecule has 0 unspecified atom stereocenters. The number of hydrogen-bond acceptors (Lipinski definition) is 13. The highest BCUT2D eigenvalue weighted by atomic mass is 31.2. The van der Waals surface area contributed by atoms with Crippen LogP contribution in [-0.4, -0.2) is 79.5 Å². The van der Waals surface area contributed by atoms with Gasteiger partial charge in [0, 0.05) is 6.04 Å². The zero-order valence-corrected chi connectivity index (χ0v) is 28.2. The quantitative estimate of drug-likeness (QED) is 0.107. The van der Waals surface area contributed by atoms with Crippen molar-refractivity contribution in [2.24, 2.45) is 0 Å². The Hall–Kier alpha value is -1.30. The second-order valence-corrected chi connectivity index (χ2v) is 14.9. The lowest BCUT2D eigenvalue weighted by Gasteiger charge is -2.22. The summed E-state index contributed by atoms with van der Waals surface area (Å²) in [7, 11) is -6.80. The van der Waals surface area contributed by atoms with Crippen molar-refractivity contribution in [3.63, 3.8) is 0 Å². The zero-order valence-electron chi connectivity index (χ0n) is 26.4. The van der Waals surface area contributed by atoms with Gasteiger partial charge in [-0.25, -0.2) is 0 Å². The van der Waals surface area contributed by atoms with Gasteiger partial charge in [0.05, 0.1) is 43.7 Å². The van der Waals surface area contributed by atoms with Crippen LogP contribution in [0.4, 0.5) is 5.95 Å². The molecule has 2 rings (SSSR count). The molecule has 1 N–H and O–H groups in total. The fourth-order valence-electron chi connectivity index (χ4n) is 4.09. The normalized spacial score (nSPS) is 15.0. The Labute approximate surface area is 251 Å². The van der Waals surface area contributed by atoms with E-state index in [1.807, 2.05) is 0 Å². The molecule has 13 nitrogen and oxygen atoms in total. The molecule has 0 aromatic carbocycles. The molecule has 0 aliphatic heterocycles. The SMILES string of the molecule is CC(C)OP(=O)(COCCOc1cc(OCCOCP(=O)(OC(C)C)OC(C)C)nc(NC2CCCC2)n1)OC(C)C.